The van der Waals surface area contributed by atoms with Gasteiger partial charge in [-0.15, -0.1) is 0 Å². The van der Waals surface area contributed by atoms with Crippen LogP contribution in [0.1, 0.15) is 32.3 Å². The number of sulfonamides is 1. The van der Waals surface area contributed by atoms with E-state index in [1.807, 2.05) is 6.92 Å². The third-order valence-corrected chi connectivity index (χ3v) is 7.53. The molecule has 1 N–H and O–H groups in total. The lowest BCUT2D eigenvalue weighted by Gasteiger charge is -2.32. The molecule has 0 heterocycles. The molecule has 204 valence electrons. The zero-order valence-electron chi connectivity index (χ0n) is 21.6. The van der Waals surface area contributed by atoms with Crippen molar-refractivity contribution >= 4 is 50.7 Å². The molecule has 2 amide bonds. The summed E-state index contributed by atoms with van der Waals surface area (Å²) in [4.78, 5) is 27.8. The monoisotopic (exact) mass is 573 g/mol. The van der Waals surface area contributed by atoms with Crippen LogP contribution in [0.5, 0.6) is 11.5 Å². The van der Waals surface area contributed by atoms with Crippen LogP contribution in [-0.4, -0.2) is 64.7 Å². The third-order valence-electron chi connectivity index (χ3n) is 5.67. The van der Waals surface area contributed by atoms with Crippen LogP contribution in [0.2, 0.25) is 10.0 Å². The number of hydrogen-bond donors (Lipinski definition) is 1. The third kappa shape index (κ3) is 8.41. The van der Waals surface area contributed by atoms with E-state index in [4.69, 9.17) is 32.7 Å². The maximum atomic E-state index is 13.6. The number of halogens is 2. The van der Waals surface area contributed by atoms with Crippen molar-refractivity contribution in [3.8, 4) is 11.5 Å². The summed E-state index contributed by atoms with van der Waals surface area (Å²) < 4.78 is 37.1. The average molecular weight is 575 g/mol. The molecule has 0 radical (unpaired) electrons. The lowest BCUT2D eigenvalue weighted by atomic mass is 10.1. The lowest BCUT2D eigenvalue weighted by Crippen LogP contribution is -2.51. The van der Waals surface area contributed by atoms with Crippen LogP contribution in [0.15, 0.2) is 36.4 Å². The van der Waals surface area contributed by atoms with Gasteiger partial charge in [-0.25, -0.2) is 8.42 Å². The Morgan fingerprint density at radius 3 is 2.32 bits per heavy atom. The van der Waals surface area contributed by atoms with Crippen LogP contribution in [0.3, 0.4) is 0 Å². The first-order valence-electron chi connectivity index (χ1n) is 11.6. The number of carbonyl (C=O) groups excluding carboxylic acids is 2. The summed E-state index contributed by atoms with van der Waals surface area (Å²) in [6, 6.07) is 8.59. The fourth-order valence-corrected chi connectivity index (χ4v) is 4.71. The number of benzene rings is 2. The second kappa shape index (κ2) is 13.7. The quantitative estimate of drug-likeness (QED) is 0.361. The van der Waals surface area contributed by atoms with Crippen molar-refractivity contribution in [1.29, 1.82) is 0 Å². The Labute approximate surface area is 228 Å². The summed E-state index contributed by atoms with van der Waals surface area (Å²) in [6.45, 7) is 3.51. The Morgan fingerprint density at radius 2 is 1.76 bits per heavy atom. The standard InChI is InChI=1S/C25H33Cl2N3O6S/c1-6-7-12-28-25(32)17(2)29(15-18-8-10-20(26)21(27)13-18)24(31)16-30(37(5,33)34)22-11-9-19(35-3)14-23(22)36-4/h8-11,13-14,17H,6-7,12,15-16H2,1-5H3,(H,28,32)/t17-/m0/s1. The van der Waals surface area contributed by atoms with Gasteiger partial charge < -0.3 is 19.7 Å². The van der Waals surface area contributed by atoms with E-state index in [-0.39, 0.29) is 23.9 Å². The minimum absolute atomic E-state index is 0.00936. The highest BCUT2D eigenvalue weighted by Crippen LogP contribution is 2.34. The van der Waals surface area contributed by atoms with Gasteiger partial charge >= 0.3 is 0 Å². The minimum Gasteiger partial charge on any atom is -0.497 e. The summed E-state index contributed by atoms with van der Waals surface area (Å²) in [5, 5.41) is 3.47. The van der Waals surface area contributed by atoms with Crippen LogP contribution in [0.4, 0.5) is 5.69 Å². The number of nitrogens with zero attached hydrogens (tertiary/aromatic N) is 2. The molecule has 0 saturated carbocycles. The highest BCUT2D eigenvalue weighted by molar-refractivity contribution is 7.92. The van der Waals surface area contributed by atoms with Gasteiger partial charge in [-0.3, -0.25) is 13.9 Å². The van der Waals surface area contributed by atoms with E-state index in [2.05, 4.69) is 5.32 Å². The normalized spacial score (nSPS) is 12.0. The van der Waals surface area contributed by atoms with Gasteiger partial charge in [-0.05, 0) is 43.2 Å². The number of ether oxygens (including phenoxy) is 2. The van der Waals surface area contributed by atoms with E-state index < -0.39 is 28.5 Å². The molecule has 2 rings (SSSR count). The first-order valence-corrected chi connectivity index (χ1v) is 14.2. The number of rotatable bonds is 13. The van der Waals surface area contributed by atoms with Crippen molar-refractivity contribution in [3.05, 3.63) is 52.0 Å². The highest BCUT2D eigenvalue weighted by Gasteiger charge is 2.31. The number of unbranched alkanes of at least 4 members (excludes halogenated alkanes) is 1. The van der Waals surface area contributed by atoms with Crippen molar-refractivity contribution in [2.24, 2.45) is 0 Å². The number of nitrogens with one attached hydrogen (secondary N) is 1. The molecular weight excluding hydrogens is 541 g/mol. The van der Waals surface area contributed by atoms with Gasteiger partial charge in [-0.2, -0.15) is 0 Å². The number of carbonyl (C=O) groups is 2. The first kappa shape index (κ1) is 30.5. The summed E-state index contributed by atoms with van der Waals surface area (Å²) in [6.07, 6.45) is 2.68. The number of hydrogen-bond acceptors (Lipinski definition) is 6. The molecule has 0 spiro atoms. The maximum Gasteiger partial charge on any atom is 0.244 e. The van der Waals surface area contributed by atoms with E-state index in [0.29, 0.717) is 27.9 Å². The van der Waals surface area contributed by atoms with Gasteiger partial charge in [0.1, 0.15) is 24.1 Å². The van der Waals surface area contributed by atoms with E-state index in [0.717, 1.165) is 23.4 Å². The highest BCUT2D eigenvalue weighted by atomic mass is 35.5. The minimum atomic E-state index is -3.92. The van der Waals surface area contributed by atoms with Crippen molar-refractivity contribution in [3.63, 3.8) is 0 Å². The summed E-state index contributed by atoms with van der Waals surface area (Å²) >= 11 is 12.2. The van der Waals surface area contributed by atoms with Gasteiger partial charge in [-0.1, -0.05) is 42.6 Å². The fourth-order valence-electron chi connectivity index (χ4n) is 3.54. The van der Waals surface area contributed by atoms with Gasteiger partial charge in [0.2, 0.25) is 21.8 Å². The number of methoxy groups -OCH3 is 2. The Bertz CT molecular complexity index is 1210. The van der Waals surface area contributed by atoms with E-state index in [1.165, 1.54) is 31.3 Å². The van der Waals surface area contributed by atoms with Gasteiger partial charge in [0.25, 0.3) is 0 Å². The Balaban J connectivity index is 2.45. The van der Waals surface area contributed by atoms with Gasteiger partial charge in [0, 0.05) is 19.2 Å². The Hall–Kier alpha value is -2.69. The molecule has 0 bridgehead atoms. The Kier molecular flexibility index (Phi) is 11.3. The molecule has 9 nitrogen and oxygen atoms in total. The molecule has 0 aliphatic heterocycles. The summed E-state index contributed by atoms with van der Waals surface area (Å²) in [5.74, 6) is -0.278. The predicted octanol–water partition coefficient (Wildman–Crippen LogP) is 4.11. The average Bonchev–Trinajstić information content (AvgIpc) is 2.86. The van der Waals surface area contributed by atoms with Gasteiger partial charge in [0.15, 0.2) is 0 Å². The SMILES string of the molecule is CCCCNC(=O)[C@H](C)N(Cc1ccc(Cl)c(Cl)c1)C(=O)CN(c1ccc(OC)cc1OC)S(C)(=O)=O. The molecule has 0 fully saturated rings. The van der Waals surface area contributed by atoms with Crippen LogP contribution in [-0.2, 0) is 26.2 Å². The molecule has 37 heavy (non-hydrogen) atoms. The molecule has 0 aliphatic carbocycles. The van der Waals surface area contributed by atoms with Crippen molar-refractivity contribution in [2.75, 3.05) is 37.9 Å². The van der Waals surface area contributed by atoms with E-state index >= 15 is 0 Å². The van der Waals surface area contributed by atoms with Crippen molar-refractivity contribution < 1.29 is 27.5 Å². The molecule has 0 saturated heterocycles. The molecule has 2 aromatic carbocycles. The first-order chi connectivity index (χ1) is 17.4. The second-order valence-electron chi connectivity index (χ2n) is 8.40. The molecule has 0 unspecified atom stereocenters. The summed E-state index contributed by atoms with van der Waals surface area (Å²) in [7, 11) is -1.06. The number of amides is 2. The largest absolute Gasteiger partial charge is 0.497 e. The smallest absolute Gasteiger partial charge is 0.244 e. The zero-order valence-corrected chi connectivity index (χ0v) is 23.9. The van der Waals surface area contributed by atoms with Crippen LogP contribution < -0.4 is 19.1 Å². The molecule has 12 heteroatoms. The molecule has 0 aromatic heterocycles. The topological polar surface area (TPSA) is 105 Å². The van der Waals surface area contributed by atoms with Crippen molar-refractivity contribution in [1.82, 2.24) is 10.2 Å². The van der Waals surface area contributed by atoms with Crippen molar-refractivity contribution in [2.45, 2.75) is 39.3 Å². The predicted molar refractivity (Wildman–Crippen MR) is 146 cm³/mol. The second-order valence-corrected chi connectivity index (χ2v) is 11.1. The molecule has 0 aliphatic rings. The molecule has 1 atom stereocenters. The summed E-state index contributed by atoms with van der Waals surface area (Å²) in [5.41, 5.74) is 0.789. The van der Waals surface area contributed by atoms with Crippen LogP contribution in [0.25, 0.3) is 0 Å². The van der Waals surface area contributed by atoms with E-state index in [1.54, 1.807) is 31.2 Å². The van der Waals surface area contributed by atoms with Gasteiger partial charge in [0.05, 0.1) is 36.2 Å². The van der Waals surface area contributed by atoms with Crippen LogP contribution >= 0.6 is 23.2 Å². The lowest BCUT2D eigenvalue weighted by molar-refractivity contribution is -0.139. The zero-order chi connectivity index (χ0) is 27.8. The Morgan fingerprint density at radius 1 is 1.05 bits per heavy atom. The molecule has 2 aromatic rings. The fraction of sp³-hybridized carbons (Fsp3) is 0.440. The maximum absolute atomic E-state index is 13.6. The number of anilines is 1. The van der Waals surface area contributed by atoms with Crippen LogP contribution in [0, 0.1) is 0 Å². The molecular formula is C25H33Cl2N3O6S. The van der Waals surface area contributed by atoms with E-state index in [9.17, 15) is 18.0 Å².